The van der Waals surface area contributed by atoms with Crippen molar-refractivity contribution in [2.75, 3.05) is 4.90 Å². The zero-order valence-electron chi connectivity index (χ0n) is 33.2. The van der Waals surface area contributed by atoms with E-state index in [4.69, 9.17) is 9.40 Å². The molecule has 2 heterocycles. The molecule has 0 N–H and O–H groups in total. The third-order valence-electron chi connectivity index (χ3n) is 12.5. The minimum absolute atomic E-state index is 0.547. The highest BCUT2D eigenvalue weighted by atomic mass is 16.3. The number of fused-ring (bicyclic) bond motifs is 7. The number of aromatic nitrogens is 1. The maximum absolute atomic E-state index is 6.49. The molecule has 1 aliphatic rings. The molecule has 0 saturated heterocycles. The van der Waals surface area contributed by atoms with E-state index >= 15 is 0 Å². The largest absolute Gasteiger partial charge is 0.454 e. The van der Waals surface area contributed by atoms with Crippen molar-refractivity contribution < 1.29 is 4.42 Å². The maximum Gasteiger partial charge on any atom is 0.154 e. The van der Waals surface area contributed by atoms with Gasteiger partial charge < -0.3 is 4.42 Å². The Morgan fingerprint density at radius 1 is 0.393 bits per heavy atom. The molecule has 1 aliphatic carbocycles. The number of hydrogen-bond acceptors (Lipinski definition) is 3. The second-order valence-electron chi connectivity index (χ2n) is 15.9. The van der Waals surface area contributed by atoms with E-state index in [1.54, 1.807) is 0 Å². The van der Waals surface area contributed by atoms with Crippen molar-refractivity contribution in [2.24, 2.45) is 0 Å². The highest BCUT2D eigenvalue weighted by Gasteiger charge is 2.46. The van der Waals surface area contributed by atoms with E-state index in [9.17, 15) is 0 Å². The summed E-state index contributed by atoms with van der Waals surface area (Å²) >= 11 is 0. The summed E-state index contributed by atoms with van der Waals surface area (Å²) in [4.78, 5) is 7.87. The van der Waals surface area contributed by atoms with Crippen LogP contribution < -0.4 is 4.90 Å². The summed E-state index contributed by atoms with van der Waals surface area (Å²) < 4.78 is 6.49. The quantitative estimate of drug-likeness (QED) is 0.161. The molecule has 0 atom stereocenters. The monoisotopic (exact) mass is 778 g/mol. The molecule has 61 heavy (non-hydrogen) atoms. The molecular formula is C58H38N2O. The van der Waals surface area contributed by atoms with Gasteiger partial charge in [-0.2, -0.15) is 0 Å². The van der Waals surface area contributed by atoms with Crippen molar-refractivity contribution in [1.82, 2.24) is 4.98 Å². The molecule has 0 amide bonds. The van der Waals surface area contributed by atoms with Crippen LogP contribution in [0.1, 0.15) is 22.3 Å². The standard InChI is InChI=1S/C58H38N2O/c1-5-17-39(18-6-1)40-29-31-46(32-30-40)60(56-34-33-54-57(59-56)50-35-42-21-13-14-22-43(42)36-55(50)61-54)53-38-49-47-27-15-16-28-51(47)58(44-23-9-3-10-24-44,45-25-11-4-12-26-45)52(49)37-48(53)41-19-7-2-8-20-41/h1-38H. The van der Waals surface area contributed by atoms with Crippen LogP contribution in [0, 0.1) is 0 Å². The number of rotatable bonds is 7. The summed E-state index contributed by atoms with van der Waals surface area (Å²) in [6.07, 6.45) is 0. The molecule has 0 bridgehead atoms. The predicted molar refractivity (Wildman–Crippen MR) is 252 cm³/mol. The number of anilines is 3. The summed E-state index contributed by atoms with van der Waals surface area (Å²) in [6, 6.07) is 83.1. The lowest BCUT2D eigenvalue weighted by atomic mass is 9.67. The second kappa shape index (κ2) is 14.1. The highest BCUT2D eigenvalue weighted by Crippen LogP contribution is 2.58. The smallest absolute Gasteiger partial charge is 0.154 e. The predicted octanol–water partition coefficient (Wildman–Crippen LogP) is 15.3. The van der Waals surface area contributed by atoms with Gasteiger partial charge in [0, 0.05) is 16.6 Å². The van der Waals surface area contributed by atoms with E-state index in [2.05, 4.69) is 235 Å². The second-order valence-corrected chi connectivity index (χ2v) is 15.9. The normalized spacial score (nSPS) is 12.7. The molecule has 2 aromatic heterocycles. The maximum atomic E-state index is 6.49. The molecule has 0 spiro atoms. The lowest BCUT2D eigenvalue weighted by Gasteiger charge is -2.35. The van der Waals surface area contributed by atoms with Crippen molar-refractivity contribution in [1.29, 1.82) is 0 Å². The van der Waals surface area contributed by atoms with Gasteiger partial charge in [0.15, 0.2) is 5.58 Å². The summed E-state index contributed by atoms with van der Waals surface area (Å²) in [5, 5.41) is 3.29. The van der Waals surface area contributed by atoms with Crippen LogP contribution in [0.15, 0.2) is 235 Å². The molecule has 286 valence electrons. The molecule has 9 aromatic carbocycles. The summed E-state index contributed by atoms with van der Waals surface area (Å²) in [6.45, 7) is 0. The van der Waals surface area contributed by atoms with Gasteiger partial charge >= 0.3 is 0 Å². The summed E-state index contributed by atoms with van der Waals surface area (Å²) in [5.74, 6) is 0.802. The Morgan fingerprint density at radius 3 is 1.66 bits per heavy atom. The van der Waals surface area contributed by atoms with Crippen LogP contribution in [0.2, 0.25) is 0 Å². The number of furan rings is 1. The molecule has 0 saturated carbocycles. The first-order valence-electron chi connectivity index (χ1n) is 20.9. The molecule has 0 fully saturated rings. The SMILES string of the molecule is c1ccc(-c2ccc(N(c3ccc4oc5cc6ccccc6cc5c4n3)c3cc4c(cc3-c3ccccc3)C(c3ccccc3)(c3ccccc3)c3ccccc3-4)cc2)cc1. The van der Waals surface area contributed by atoms with Gasteiger partial charge in [0.25, 0.3) is 0 Å². The average molecular weight is 779 g/mol. The van der Waals surface area contributed by atoms with Crippen molar-refractivity contribution in [3.63, 3.8) is 0 Å². The Hall–Kier alpha value is -8.01. The van der Waals surface area contributed by atoms with E-state index < -0.39 is 5.41 Å². The summed E-state index contributed by atoms with van der Waals surface area (Å²) in [7, 11) is 0. The fourth-order valence-electron chi connectivity index (χ4n) is 9.78. The van der Waals surface area contributed by atoms with Crippen LogP contribution >= 0.6 is 0 Å². The lowest BCUT2D eigenvalue weighted by Crippen LogP contribution is -2.28. The Labute approximate surface area is 354 Å². The highest BCUT2D eigenvalue weighted by molar-refractivity contribution is 6.09. The van der Waals surface area contributed by atoms with Gasteiger partial charge in [-0.1, -0.05) is 182 Å². The number of pyridine rings is 1. The van der Waals surface area contributed by atoms with E-state index in [1.165, 1.54) is 38.9 Å². The fraction of sp³-hybridized carbons (Fsp3) is 0.0172. The molecule has 0 aliphatic heterocycles. The molecule has 3 nitrogen and oxygen atoms in total. The van der Waals surface area contributed by atoms with E-state index in [0.717, 1.165) is 66.7 Å². The van der Waals surface area contributed by atoms with Gasteiger partial charge in [0.1, 0.15) is 16.9 Å². The molecular weight excluding hydrogens is 741 g/mol. The molecule has 0 radical (unpaired) electrons. The first-order chi connectivity index (χ1) is 30.2. The minimum Gasteiger partial charge on any atom is -0.454 e. The number of benzene rings is 9. The Kier molecular flexibility index (Phi) is 8.07. The van der Waals surface area contributed by atoms with Crippen LogP contribution in [0.25, 0.3) is 66.2 Å². The molecule has 3 heteroatoms. The van der Waals surface area contributed by atoms with Gasteiger partial charge in [-0.05, 0) is 109 Å². The zero-order valence-corrected chi connectivity index (χ0v) is 33.2. The number of hydrogen-bond donors (Lipinski definition) is 0. The van der Waals surface area contributed by atoms with E-state index in [1.807, 2.05) is 0 Å². The third-order valence-corrected chi connectivity index (χ3v) is 12.5. The minimum atomic E-state index is -0.547. The van der Waals surface area contributed by atoms with Crippen molar-refractivity contribution >= 4 is 50.0 Å². The van der Waals surface area contributed by atoms with E-state index in [0.29, 0.717) is 0 Å². The van der Waals surface area contributed by atoms with E-state index in [-0.39, 0.29) is 0 Å². The third kappa shape index (κ3) is 5.55. The Bertz CT molecular complexity index is 3350. The first-order valence-corrected chi connectivity index (χ1v) is 20.9. The van der Waals surface area contributed by atoms with Gasteiger partial charge in [0.05, 0.1) is 11.1 Å². The van der Waals surface area contributed by atoms with Crippen molar-refractivity contribution in [3.05, 3.63) is 253 Å². The Morgan fingerprint density at radius 2 is 0.967 bits per heavy atom. The van der Waals surface area contributed by atoms with Crippen LogP contribution in [0.5, 0.6) is 0 Å². The van der Waals surface area contributed by atoms with Gasteiger partial charge in [0.2, 0.25) is 0 Å². The topological polar surface area (TPSA) is 29.3 Å². The fourth-order valence-corrected chi connectivity index (χ4v) is 9.78. The Balaban J connectivity index is 1.16. The van der Waals surface area contributed by atoms with Crippen molar-refractivity contribution in [2.45, 2.75) is 5.41 Å². The lowest BCUT2D eigenvalue weighted by molar-refractivity contribution is 0.668. The van der Waals surface area contributed by atoms with Crippen LogP contribution in [0.4, 0.5) is 17.2 Å². The van der Waals surface area contributed by atoms with Crippen molar-refractivity contribution in [3.8, 4) is 33.4 Å². The molecule has 11 aromatic rings. The van der Waals surface area contributed by atoms with Gasteiger partial charge in [-0.3, -0.25) is 4.90 Å². The zero-order chi connectivity index (χ0) is 40.3. The van der Waals surface area contributed by atoms with Crippen LogP contribution in [0.3, 0.4) is 0 Å². The first kappa shape index (κ1) is 35.0. The average Bonchev–Trinajstić information content (AvgIpc) is 3.84. The van der Waals surface area contributed by atoms with Crippen LogP contribution in [-0.2, 0) is 5.41 Å². The molecule has 12 rings (SSSR count). The molecule has 0 unspecified atom stereocenters. The van der Waals surface area contributed by atoms with Crippen LogP contribution in [-0.4, -0.2) is 4.98 Å². The van der Waals surface area contributed by atoms with Gasteiger partial charge in [-0.15, -0.1) is 0 Å². The summed E-state index contributed by atoms with van der Waals surface area (Å²) in [5.41, 5.74) is 15.9. The van der Waals surface area contributed by atoms with Gasteiger partial charge in [-0.25, -0.2) is 4.98 Å². The number of nitrogens with zero attached hydrogens (tertiary/aromatic N) is 2.